The first-order valence-electron chi connectivity index (χ1n) is 10.8. The molecular formula is C25H26N2O4S. The van der Waals surface area contributed by atoms with Crippen LogP contribution in [0, 0.1) is 6.92 Å². The van der Waals surface area contributed by atoms with Crippen LogP contribution in [-0.2, 0) is 13.2 Å². The van der Waals surface area contributed by atoms with Gasteiger partial charge >= 0.3 is 0 Å². The number of aryl methyl sites for hydroxylation is 1. The van der Waals surface area contributed by atoms with Gasteiger partial charge < -0.3 is 19.1 Å². The Morgan fingerprint density at radius 2 is 1.84 bits per heavy atom. The van der Waals surface area contributed by atoms with Gasteiger partial charge in [0.2, 0.25) is 6.79 Å². The minimum Gasteiger partial charge on any atom is -0.489 e. The molecule has 0 saturated carbocycles. The van der Waals surface area contributed by atoms with E-state index < -0.39 is 0 Å². The highest BCUT2D eigenvalue weighted by atomic mass is 32.1. The van der Waals surface area contributed by atoms with E-state index in [9.17, 15) is 4.79 Å². The average Bonchev–Trinajstić information content (AvgIpc) is 3.47. The van der Waals surface area contributed by atoms with Crippen molar-refractivity contribution in [1.29, 1.82) is 0 Å². The summed E-state index contributed by atoms with van der Waals surface area (Å²) in [6.45, 7) is 7.01. The standard InChI is InChI=1S/C25H26N2O4S/c1-18-3-2-4-19(11-18)14-26-7-9-27(10-8-26)25(28)24-12-20(16-32-24)15-29-21-5-6-22-23(13-21)31-17-30-22/h2-6,11-13,16H,7-10,14-15,17H2,1H3. The Morgan fingerprint density at radius 1 is 1.00 bits per heavy atom. The first-order chi connectivity index (χ1) is 15.6. The highest BCUT2D eigenvalue weighted by molar-refractivity contribution is 7.12. The van der Waals surface area contributed by atoms with Crippen LogP contribution in [0.25, 0.3) is 0 Å². The number of carbonyl (C=O) groups is 1. The summed E-state index contributed by atoms with van der Waals surface area (Å²) in [6, 6.07) is 16.1. The predicted molar refractivity (Wildman–Crippen MR) is 124 cm³/mol. The second kappa shape index (κ2) is 9.22. The summed E-state index contributed by atoms with van der Waals surface area (Å²) in [7, 11) is 0. The lowest BCUT2D eigenvalue weighted by molar-refractivity contribution is 0.0633. The van der Waals surface area contributed by atoms with Crippen LogP contribution in [0.15, 0.2) is 53.9 Å². The van der Waals surface area contributed by atoms with E-state index >= 15 is 0 Å². The third-order valence-electron chi connectivity index (χ3n) is 5.76. The molecule has 0 bridgehead atoms. The van der Waals surface area contributed by atoms with Gasteiger partial charge in [0.05, 0.1) is 4.88 Å². The van der Waals surface area contributed by atoms with Gasteiger partial charge in [-0.2, -0.15) is 0 Å². The van der Waals surface area contributed by atoms with Crippen LogP contribution in [0.2, 0.25) is 0 Å². The third kappa shape index (κ3) is 4.74. The van der Waals surface area contributed by atoms with Crippen LogP contribution < -0.4 is 14.2 Å². The molecule has 1 fully saturated rings. The van der Waals surface area contributed by atoms with E-state index in [1.54, 1.807) is 0 Å². The van der Waals surface area contributed by atoms with Crippen LogP contribution in [0.1, 0.15) is 26.4 Å². The second-order valence-corrected chi connectivity index (χ2v) is 9.09. The fourth-order valence-electron chi connectivity index (χ4n) is 4.03. The van der Waals surface area contributed by atoms with Crippen molar-refractivity contribution in [3.63, 3.8) is 0 Å². The van der Waals surface area contributed by atoms with Gasteiger partial charge in [-0.05, 0) is 36.1 Å². The number of carbonyl (C=O) groups excluding carboxylic acids is 1. The van der Waals surface area contributed by atoms with Gasteiger partial charge in [0, 0.05) is 44.4 Å². The fourth-order valence-corrected chi connectivity index (χ4v) is 4.89. The summed E-state index contributed by atoms with van der Waals surface area (Å²) in [4.78, 5) is 18.1. The van der Waals surface area contributed by atoms with Gasteiger partial charge in [-0.15, -0.1) is 11.3 Å². The smallest absolute Gasteiger partial charge is 0.264 e. The first kappa shape index (κ1) is 20.8. The molecule has 2 aliphatic heterocycles. The summed E-state index contributed by atoms with van der Waals surface area (Å²) in [5.74, 6) is 2.27. The molecule has 0 N–H and O–H groups in total. The molecule has 2 aliphatic rings. The van der Waals surface area contributed by atoms with E-state index in [1.807, 2.05) is 34.5 Å². The summed E-state index contributed by atoms with van der Waals surface area (Å²) >= 11 is 1.48. The van der Waals surface area contributed by atoms with E-state index in [-0.39, 0.29) is 12.7 Å². The topological polar surface area (TPSA) is 51.2 Å². The van der Waals surface area contributed by atoms with E-state index in [0.29, 0.717) is 12.4 Å². The number of hydrogen-bond donors (Lipinski definition) is 0. The maximum Gasteiger partial charge on any atom is 0.264 e. The number of ether oxygens (including phenoxy) is 3. The predicted octanol–water partition coefficient (Wildman–Crippen LogP) is 4.32. The molecule has 0 aliphatic carbocycles. The minimum atomic E-state index is 0.111. The van der Waals surface area contributed by atoms with Gasteiger partial charge in [0.1, 0.15) is 12.4 Å². The van der Waals surface area contributed by atoms with Crippen molar-refractivity contribution in [2.45, 2.75) is 20.1 Å². The molecule has 0 unspecified atom stereocenters. The van der Waals surface area contributed by atoms with Crippen LogP contribution in [0.4, 0.5) is 0 Å². The molecule has 2 aromatic carbocycles. The molecule has 7 heteroatoms. The molecule has 32 heavy (non-hydrogen) atoms. The van der Waals surface area contributed by atoms with E-state index in [2.05, 4.69) is 36.1 Å². The van der Waals surface area contributed by atoms with Crippen LogP contribution in [0.3, 0.4) is 0 Å². The Morgan fingerprint density at radius 3 is 2.69 bits per heavy atom. The number of thiophene rings is 1. The van der Waals surface area contributed by atoms with Crippen molar-refractivity contribution in [2.24, 2.45) is 0 Å². The molecule has 5 rings (SSSR count). The maximum absolute atomic E-state index is 13.0. The Balaban J connectivity index is 1.12. The van der Waals surface area contributed by atoms with Gasteiger partial charge in [0.25, 0.3) is 5.91 Å². The number of rotatable bonds is 6. The van der Waals surface area contributed by atoms with Crippen molar-refractivity contribution in [1.82, 2.24) is 9.80 Å². The van der Waals surface area contributed by atoms with Crippen molar-refractivity contribution in [2.75, 3.05) is 33.0 Å². The second-order valence-electron chi connectivity index (χ2n) is 8.18. The van der Waals surface area contributed by atoms with Gasteiger partial charge in [-0.1, -0.05) is 29.8 Å². The molecule has 1 saturated heterocycles. The molecule has 1 aromatic heterocycles. The zero-order valence-electron chi connectivity index (χ0n) is 18.1. The Kier molecular flexibility index (Phi) is 6.01. The van der Waals surface area contributed by atoms with Crippen molar-refractivity contribution in [3.8, 4) is 17.2 Å². The molecule has 1 amide bonds. The number of fused-ring (bicyclic) bond motifs is 1. The van der Waals surface area contributed by atoms with Gasteiger partial charge in [0.15, 0.2) is 11.5 Å². The lowest BCUT2D eigenvalue weighted by Gasteiger charge is -2.34. The molecule has 0 radical (unpaired) electrons. The molecule has 0 spiro atoms. The third-order valence-corrected chi connectivity index (χ3v) is 6.73. The first-order valence-corrected chi connectivity index (χ1v) is 11.7. The van der Waals surface area contributed by atoms with E-state index in [1.165, 1.54) is 22.5 Å². The highest BCUT2D eigenvalue weighted by Crippen LogP contribution is 2.35. The fraction of sp³-hybridized carbons (Fsp3) is 0.320. The van der Waals surface area contributed by atoms with E-state index in [4.69, 9.17) is 14.2 Å². The molecule has 6 nitrogen and oxygen atoms in total. The average molecular weight is 451 g/mol. The van der Waals surface area contributed by atoms with E-state index in [0.717, 1.165) is 54.7 Å². The largest absolute Gasteiger partial charge is 0.489 e. The number of hydrogen-bond acceptors (Lipinski definition) is 6. The Hall–Kier alpha value is -3.03. The quantitative estimate of drug-likeness (QED) is 0.560. The normalized spacial score (nSPS) is 15.7. The van der Waals surface area contributed by atoms with Crippen LogP contribution in [0.5, 0.6) is 17.2 Å². The highest BCUT2D eigenvalue weighted by Gasteiger charge is 2.23. The Bertz CT molecular complexity index is 1100. The minimum absolute atomic E-state index is 0.111. The maximum atomic E-state index is 13.0. The number of amides is 1. The summed E-state index contributed by atoms with van der Waals surface area (Å²) in [6.07, 6.45) is 0. The number of piperazine rings is 1. The van der Waals surface area contributed by atoms with Gasteiger partial charge in [-0.25, -0.2) is 0 Å². The summed E-state index contributed by atoms with van der Waals surface area (Å²) in [5.41, 5.74) is 3.61. The van der Waals surface area contributed by atoms with Crippen molar-refractivity contribution < 1.29 is 19.0 Å². The monoisotopic (exact) mass is 450 g/mol. The van der Waals surface area contributed by atoms with Crippen molar-refractivity contribution >= 4 is 17.2 Å². The zero-order chi connectivity index (χ0) is 21.9. The zero-order valence-corrected chi connectivity index (χ0v) is 18.9. The lowest BCUT2D eigenvalue weighted by Crippen LogP contribution is -2.48. The van der Waals surface area contributed by atoms with Crippen LogP contribution >= 0.6 is 11.3 Å². The molecular weight excluding hydrogens is 424 g/mol. The Labute approximate surface area is 191 Å². The molecule has 0 atom stereocenters. The molecule has 166 valence electrons. The number of benzene rings is 2. The van der Waals surface area contributed by atoms with Crippen molar-refractivity contribution in [3.05, 3.63) is 75.5 Å². The SMILES string of the molecule is Cc1cccc(CN2CCN(C(=O)c3cc(COc4ccc5c(c4)OCO5)cs3)CC2)c1. The summed E-state index contributed by atoms with van der Waals surface area (Å²) < 4.78 is 16.6. The molecule has 3 heterocycles. The lowest BCUT2D eigenvalue weighted by atomic mass is 10.1. The molecule has 3 aromatic rings. The summed E-state index contributed by atoms with van der Waals surface area (Å²) in [5, 5.41) is 1.99. The number of nitrogens with zero attached hydrogens (tertiary/aromatic N) is 2. The van der Waals surface area contributed by atoms with Gasteiger partial charge in [-0.3, -0.25) is 9.69 Å². The van der Waals surface area contributed by atoms with Crippen LogP contribution in [-0.4, -0.2) is 48.7 Å².